The van der Waals surface area contributed by atoms with Crippen molar-refractivity contribution >= 4 is 23.0 Å². The summed E-state index contributed by atoms with van der Waals surface area (Å²) < 4.78 is 6.70. The highest BCUT2D eigenvalue weighted by atomic mass is 16.5. The number of rotatable bonds is 7. The third kappa shape index (κ3) is 3.64. The fourth-order valence-corrected chi connectivity index (χ4v) is 5.83. The van der Waals surface area contributed by atoms with Gasteiger partial charge in [0, 0.05) is 66.4 Å². The van der Waals surface area contributed by atoms with E-state index in [1.807, 2.05) is 18.2 Å². The maximum atomic E-state index is 9.17. The number of fused-ring (bicyclic) bond motifs is 6. The number of ether oxygens (including phenoxy) is 1. The largest absolute Gasteiger partial charge is 0.456 e. The Bertz CT molecular complexity index is 1310. The molecule has 0 aromatic heterocycles. The van der Waals surface area contributed by atoms with Crippen molar-refractivity contribution < 1.29 is 4.74 Å². The normalized spacial score (nSPS) is 15.2. The topological polar surface area (TPSA) is 81.2 Å². The molecule has 0 saturated carbocycles. The summed E-state index contributed by atoms with van der Waals surface area (Å²) in [6.45, 7) is 14.0. The molecule has 2 aliphatic heterocycles. The minimum absolute atomic E-state index is 0.319. The van der Waals surface area contributed by atoms with Crippen LogP contribution in [0.2, 0.25) is 0 Å². The molecular weight excluding hydrogens is 460 g/mol. The van der Waals surface area contributed by atoms with E-state index in [-0.39, 0.29) is 0 Å². The van der Waals surface area contributed by atoms with Crippen LogP contribution in [0.3, 0.4) is 0 Å². The highest BCUT2D eigenvalue weighted by molar-refractivity contribution is 6.04. The third-order valence-corrected chi connectivity index (χ3v) is 7.55. The average Bonchev–Trinajstić information content (AvgIpc) is 3.14. The molecule has 0 unspecified atom stereocenters. The SMILES string of the molecule is CCN(CC)c1ccc2c(c1)Oc1cc(N(CC)CC)ccc1C21c2ccccc2C(=N)N1N=C(C)N. The van der Waals surface area contributed by atoms with Crippen LogP contribution in [0, 0.1) is 5.41 Å². The van der Waals surface area contributed by atoms with E-state index in [2.05, 4.69) is 80.0 Å². The standard InChI is InChI=1S/C30H36N6O/c1-6-34(7-2)21-14-16-25-27(18-21)37-28-19-22(35(8-3)9-4)15-17-26(28)30(25)24-13-11-10-12-23(24)29(32)36(30)33-20(5)31/h10-19,32H,6-9H2,1-5H3,(H2,31,33). The molecule has 0 atom stereocenters. The minimum Gasteiger partial charge on any atom is -0.456 e. The van der Waals surface area contributed by atoms with Crippen LogP contribution in [0.25, 0.3) is 0 Å². The predicted molar refractivity (Wildman–Crippen MR) is 152 cm³/mol. The van der Waals surface area contributed by atoms with Crippen molar-refractivity contribution in [3.8, 4) is 11.5 Å². The Hall–Kier alpha value is -4.00. The molecule has 1 spiro atoms. The molecule has 0 radical (unpaired) electrons. The summed E-state index contributed by atoms with van der Waals surface area (Å²) in [6, 6.07) is 20.9. The molecule has 5 rings (SSSR count). The van der Waals surface area contributed by atoms with Crippen molar-refractivity contribution in [1.29, 1.82) is 5.41 Å². The van der Waals surface area contributed by atoms with Crippen LogP contribution in [-0.2, 0) is 5.54 Å². The molecular formula is C30H36N6O. The zero-order valence-corrected chi connectivity index (χ0v) is 22.4. The number of hydrogen-bond acceptors (Lipinski definition) is 5. The average molecular weight is 497 g/mol. The first-order chi connectivity index (χ1) is 17.9. The number of nitrogens with one attached hydrogen (secondary N) is 1. The molecule has 0 aliphatic carbocycles. The van der Waals surface area contributed by atoms with Crippen LogP contribution in [0.5, 0.6) is 11.5 Å². The Labute approximate surface area is 219 Å². The zero-order valence-electron chi connectivity index (χ0n) is 22.4. The number of hydrazone groups is 1. The fraction of sp³-hybridized carbons (Fsp3) is 0.333. The summed E-state index contributed by atoms with van der Waals surface area (Å²) in [7, 11) is 0. The first kappa shape index (κ1) is 24.7. The Balaban J connectivity index is 1.86. The van der Waals surface area contributed by atoms with Gasteiger partial charge in [-0.15, -0.1) is 0 Å². The van der Waals surface area contributed by atoms with Crippen molar-refractivity contribution in [2.24, 2.45) is 10.8 Å². The molecule has 0 bridgehead atoms. The van der Waals surface area contributed by atoms with Gasteiger partial charge in [0.05, 0.1) is 0 Å². The van der Waals surface area contributed by atoms with Crippen molar-refractivity contribution in [1.82, 2.24) is 5.01 Å². The quantitative estimate of drug-likeness (QED) is 0.323. The van der Waals surface area contributed by atoms with E-state index >= 15 is 0 Å². The third-order valence-electron chi connectivity index (χ3n) is 7.55. The molecule has 7 heteroatoms. The van der Waals surface area contributed by atoms with Gasteiger partial charge in [0.2, 0.25) is 0 Å². The molecule has 192 valence electrons. The lowest BCUT2D eigenvalue weighted by atomic mass is 9.75. The van der Waals surface area contributed by atoms with Crippen LogP contribution >= 0.6 is 0 Å². The number of anilines is 2. The van der Waals surface area contributed by atoms with Gasteiger partial charge in [-0.3, -0.25) is 5.41 Å². The first-order valence-electron chi connectivity index (χ1n) is 13.2. The summed E-state index contributed by atoms with van der Waals surface area (Å²) >= 11 is 0. The summed E-state index contributed by atoms with van der Waals surface area (Å²) in [5.74, 6) is 2.26. The van der Waals surface area contributed by atoms with Crippen molar-refractivity contribution in [2.45, 2.75) is 40.2 Å². The molecule has 37 heavy (non-hydrogen) atoms. The highest BCUT2D eigenvalue weighted by Gasteiger charge is 2.55. The Morgan fingerprint density at radius 2 is 1.35 bits per heavy atom. The number of hydrogen-bond donors (Lipinski definition) is 2. The number of nitrogens with two attached hydrogens (primary N) is 1. The van der Waals surface area contributed by atoms with Gasteiger partial charge in [-0.2, -0.15) is 5.10 Å². The Morgan fingerprint density at radius 1 is 0.838 bits per heavy atom. The second kappa shape index (κ2) is 9.47. The highest BCUT2D eigenvalue weighted by Crippen LogP contribution is 2.58. The molecule has 7 nitrogen and oxygen atoms in total. The van der Waals surface area contributed by atoms with Gasteiger partial charge in [0.1, 0.15) is 22.9 Å². The minimum atomic E-state index is -0.874. The second-order valence-electron chi connectivity index (χ2n) is 9.47. The van der Waals surface area contributed by atoms with Crippen LogP contribution in [0.15, 0.2) is 65.8 Å². The molecule has 3 aromatic rings. The molecule has 2 heterocycles. The Morgan fingerprint density at radius 3 is 1.84 bits per heavy atom. The maximum absolute atomic E-state index is 9.17. The molecule has 3 aromatic carbocycles. The van der Waals surface area contributed by atoms with Crippen LogP contribution in [-0.4, -0.2) is 42.9 Å². The van der Waals surface area contributed by atoms with E-state index in [0.717, 1.165) is 71.3 Å². The second-order valence-corrected chi connectivity index (χ2v) is 9.47. The van der Waals surface area contributed by atoms with Crippen molar-refractivity contribution in [3.63, 3.8) is 0 Å². The lowest BCUT2D eigenvalue weighted by molar-refractivity contribution is 0.263. The van der Waals surface area contributed by atoms with Gasteiger partial charge in [-0.05, 0) is 52.3 Å². The number of nitrogens with zero attached hydrogens (tertiary/aromatic N) is 4. The molecule has 0 fully saturated rings. The van der Waals surface area contributed by atoms with E-state index < -0.39 is 5.54 Å². The van der Waals surface area contributed by atoms with Crippen LogP contribution in [0.4, 0.5) is 11.4 Å². The van der Waals surface area contributed by atoms with E-state index in [9.17, 15) is 5.41 Å². The van der Waals surface area contributed by atoms with Crippen molar-refractivity contribution in [2.75, 3.05) is 36.0 Å². The van der Waals surface area contributed by atoms with E-state index in [0.29, 0.717) is 11.7 Å². The maximum Gasteiger partial charge on any atom is 0.150 e. The van der Waals surface area contributed by atoms with Gasteiger partial charge < -0.3 is 20.3 Å². The van der Waals surface area contributed by atoms with E-state index in [4.69, 9.17) is 15.6 Å². The molecule has 0 saturated heterocycles. The summed E-state index contributed by atoms with van der Waals surface area (Å²) in [5, 5.41) is 15.7. The van der Waals surface area contributed by atoms with Crippen molar-refractivity contribution in [3.05, 3.63) is 82.9 Å². The lowest BCUT2D eigenvalue weighted by Gasteiger charge is -2.43. The molecule has 2 aliphatic rings. The van der Waals surface area contributed by atoms with Crippen LogP contribution in [0.1, 0.15) is 56.9 Å². The monoisotopic (exact) mass is 496 g/mol. The lowest BCUT2D eigenvalue weighted by Crippen LogP contribution is -2.45. The summed E-state index contributed by atoms with van der Waals surface area (Å²) in [4.78, 5) is 4.62. The fourth-order valence-electron chi connectivity index (χ4n) is 5.83. The zero-order chi connectivity index (χ0) is 26.3. The van der Waals surface area contributed by atoms with E-state index in [1.165, 1.54) is 0 Å². The van der Waals surface area contributed by atoms with Gasteiger partial charge in [0.15, 0.2) is 5.84 Å². The molecule has 0 amide bonds. The number of amidine groups is 2. The van der Waals surface area contributed by atoms with E-state index in [1.54, 1.807) is 11.9 Å². The first-order valence-corrected chi connectivity index (χ1v) is 13.2. The van der Waals surface area contributed by atoms with Gasteiger partial charge in [-0.1, -0.05) is 36.4 Å². The smallest absolute Gasteiger partial charge is 0.150 e. The number of benzene rings is 3. The summed E-state index contributed by atoms with van der Waals surface area (Å²) in [6.07, 6.45) is 0. The van der Waals surface area contributed by atoms with Gasteiger partial charge in [0.25, 0.3) is 0 Å². The Kier molecular flexibility index (Phi) is 6.31. The van der Waals surface area contributed by atoms with Gasteiger partial charge >= 0.3 is 0 Å². The summed E-state index contributed by atoms with van der Waals surface area (Å²) in [5.41, 5.74) is 11.2. The molecule has 3 N–H and O–H groups in total. The van der Waals surface area contributed by atoms with Gasteiger partial charge in [-0.25, -0.2) is 5.01 Å². The predicted octanol–water partition coefficient (Wildman–Crippen LogP) is 5.71. The van der Waals surface area contributed by atoms with Crippen LogP contribution < -0.4 is 20.3 Å².